The first-order valence-electron chi connectivity index (χ1n) is 9.59. The fourth-order valence-corrected chi connectivity index (χ4v) is 3.84. The zero-order valence-electron chi connectivity index (χ0n) is 17.2. The molecule has 0 aliphatic rings. The number of H-pyrrole nitrogens is 1. The van der Waals surface area contributed by atoms with Crippen molar-refractivity contribution in [2.45, 2.75) is 31.6 Å². The van der Waals surface area contributed by atoms with E-state index in [9.17, 15) is 14.4 Å². The Morgan fingerprint density at radius 1 is 1.19 bits per heavy atom. The molecule has 12 heteroatoms. The Labute approximate surface area is 181 Å². The summed E-state index contributed by atoms with van der Waals surface area (Å²) in [5.74, 6) is -0.109. The molecular weight excluding hydrogens is 422 g/mol. The number of aromatic amines is 1. The van der Waals surface area contributed by atoms with Crippen molar-refractivity contribution in [2.75, 3.05) is 25.2 Å². The molecule has 11 nitrogen and oxygen atoms in total. The Balaban J connectivity index is 1.87. The molecule has 0 radical (unpaired) electrons. The fraction of sp³-hybridized carbons (Fsp3) is 0.368. The van der Waals surface area contributed by atoms with Gasteiger partial charge < -0.3 is 10.5 Å². The second-order valence-electron chi connectivity index (χ2n) is 6.57. The van der Waals surface area contributed by atoms with E-state index in [1.165, 1.54) is 4.57 Å². The fourth-order valence-electron chi connectivity index (χ4n) is 3.00. The molecule has 0 saturated carbocycles. The highest BCUT2D eigenvalue weighted by molar-refractivity contribution is 7.99. The average Bonchev–Trinajstić information content (AvgIpc) is 3.16. The Hall–Kier alpha value is -3.25. The third-order valence-electron chi connectivity index (χ3n) is 4.47. The summed E-state index contributed by atoms with van der Waals surface area (Å²) >= 11 is 1.13. The van der Waals surface area contributed by atoms with Gasteiger partial charge in [-0.2, -0.15) is 0 Å². The summed E-state index contributed by atoms with van der Waals surface area (Å²) in [6, 6.07) is 3.62. The summed E-state index contributed by atoms with van der Waals surface area (Å²) in [5.41, 5.74) is 5.15. The first kappa shape index (κ1) is 22.4. The van der Waals surface area contributed by atoms with Crippen LogP contribution in [0.15, 0.2) is 39.3 Å². The number of carbonyl (C=O) groups is 1. The second-order valence-corrected chi connectivity index (χ2v) is 7.51. The third-order valence-corrected chi connectivity index (χ3v) is 5.44. The van der Waals surface area contributed by atoms with Gasteiger partial charge >= 0.3 is 5.69 Å². The summed E-state index contributed by atoms with van der Waals surface area (Å²) in [7, 11) is 1.59. The van der Waals surface area contributed by atoms with Crippen LogP contribution in [0.1, 0.15) is 23.7 Å². The van der Waals surface area contributed by atoms with E-state index in [-0.39, 0.29) is 17.1 Å². The molecule has 3 N–H and O–H groups in total. The summed E-state index contributed by atoms with van der Waals surface area (Å²) in [5, 5.41) is 8.92. The monoisotopic (exact) mass is 445 g/mol. The number of ether oxygens (including phenoxy) is 1. The molecule has 0 atom stereocenters. The number of nitrogen functional groups attached to an aromatic ring is 1. The maximum Gasteiger partial charge on any atom is 0.329 e. The van der Waals surface area contributed by atoms with Crippen LogP contribution in [-0.2, 0) is 17.8 Å². The van der Waals surface area contributed by atoms with Crippen LogP contribution in [0.2, 0.25) is 0 Å². The number of anilines is 1. The van der Waals surface area contributed by atoms with Crippen molar-refractivity contribution in [1.82, 2.24) is 29.3 Å². The number of Topliss-reactive ketones (excluding diaryl/α,β-unsaturated/α-hetero) is 1. The average molecular weight is 446 g/mol. The van der Waals surface area contributed by atoms with E-state index in [4.69, 9.17) is 10.5 Å². The van der Waals surface area contributed by atoms with Crippen LogP contribution in [0.4, 0.5) is 5.82 Å². The lowest BCUT2D eigenvalue weighted by Gasteiger charge is -2.11. The molecule has 0 amide bonds. The first-order chi connectivity index (χ1) is 15.0. The maximum absolute atomic E-state index is 12.8. The molecule has 3 aromatic heterocycles. The van der Waals surface area contributed by atoms with E-state index < -0.39 is 17.0 Å². The molecular formula is C19H23N7O4S. The van der Waals surface area contributed by atoms with Crippen molar-refractivity contribution in [3.8, 4) is 11.4 Å². The summed E-state index contributed by atoms with van der Waals surface area (Å²) < 4.78 is 8.21. The number of rotatable bonds is 10. The number of nitrogens with zero attached hydrogens (tertiary/aromatic N) is 5. The normalized spacial score (nSPS) is 11.0. The lowest BCUT2D eigenvalue weighted by atomic mass is 10.2. The molecule has 0 spiro atoms. The number of hydrogen-bond donors (Lipinski definition) is 2. The number of aromatic nitrogens is 6. The zero-order valence-corrected chi connectivity index (χ0v) is 18.0. The predicted molar refractivity (Wildman–Crippen MR) is 116 cm³/mol. The highest BCUT2D eigenvalue weighted by Crippen LogP contribution is 2.24. The van der Waals surface area contributed by atoms with Gasteiger partial charge in [0.1, 0.15) is 11.4 Å². The van der Waals surface area contributed by atoms with Crippen molar-refractivity contribution in [2.24, 2.45) is 0 Å². The molecule has 0 saturated heterocycles. The lowest BCUT2D eigenvalue weighted by molar-refractivity contribution is 0.102. The molecule has 0 aliphatic heterocycles. The van der Waals surface area contributed by atoms with Crippen LogP contribution in [0.3, 0.4) is 0 Å². The van der Waals surface area contributed by atoms with Crippen LogP contribution in [0.5, 0.6) is 0 Å². The van der Waals surface area contributed by atoms with Gasteiger partial charge in [-0.3, -0.25) is 28.7 Å². The number of carbonyl (C=O) groups excluding carboxylic acids is 1. The number of methoxy groups -OCH3 is 1. The number of ketones is 1. The molecule has 0 bridgehead atoms. The number of nitrogens with one attached hydrogen (secondary N) is 1. The van der Waals surface area contributed by atoms with Crippen LogP contribution in [-0.4, -0.2) is 54.6 Å². The number of nitrogens with two attached hydrogens (primary N) is 1. The standard InChI is InChI=1S/C19H23N7O4S/c1-3-8-25-15(20)14(17(28)22-18(25)29)13(27)11-31-19-24-23-16(26(19)9-10-30-2)12-4-6-21-7-5-12/h4-7H,3,8-11,20H2,1-2H3,(H,22,28,29). The van der Waals surface area contributed by atoms with E-state index in [1.54, 1.807) is 19.5 Å². The minimum absolute atomic E-state index is 0.0981. The molecule has 0 aliphatic carbocycles. The van der Waals surface area contributed by atoms with Gasteiger partial charge in [0, 0.05) is 31.6 Å². The molecule has 0 aromatic carbocycles. The van der Waals surface area contributed by atoms with Gasteiger partial charge in [0.15, 0.2) is 16.8 Å². The van der Waals surface area contributed by atoms with Crippen LogP contribution >= 0.6 is 11.8 Å². The van der Waals surface area contributed by atoms with E-state index in [0.29, 0.717) is 37.1 Å². The molecule has 0 fully saturated rings. The zero-order chi connectivity index (χ0) is 22.4. The Kier molecular flexibility index (Phi) is 7.36. The molecule has 3 aromatic rings. The van der Waals surface area contributed by atoms with Crippen LogP contribution in [0, 0.1) is 0 Å². The van der Waals surface area contributed by atoms with Crippen molar-refractivity contribution in [3.63, 3.8) is 0 Å². The topological polar surface area (TPSA) is 151 Å². The molecule has 3 rings (SSSR count). The van der Waals surface area contributed by atoms with Gasteiger partial charge in [-0.15, -0.1) is 10.2 Å². The smallest absolute Gasteiger partial charge is 0.329 e. The third kappa shape index (κ3) is 4.91. The van der Waals surface area contributed by atoms with Gasteiger partial charge in [-0.05, 0) is 18.6 Å². The predicted octanol–water partition coefficient (Wildman–Crippen LogP) is 0.804. The first-order valence-corrected chi connectivity index (χ1v) is 10.6. The summed E-state index contributed by atoms with van der Waals surface area (Å²) in [6.07, 6.45) is 3.93. The van der Waals surface area contributed by atoms with Crippen molar-refractivity contribution < 1.29 is 9.53 Å². The van der Waals surface area contributed by atoms with Crippen molar-refractivity contribution in [1.29, 1.82) is 0 Å². The lowest BCUT2D eigenvalue weighted by Crippen LogP contribution is -2.36. The minimum atomic E-state index is -0.793. The van der Waals surface area contributed by atoms with Crippen LogP contribution < -0.4 is 17.0 Å². The molecule has 164 valence electrons. The van der Waals surface area contributed by atoms with Gasteiger partial charge in [0.2, 0.25) is 0 Å². The summed E-state index contributed by atoms with van der Waals surface area (Å²) in [4.78, 5) is 43.2. The Morgan fingerprint density at radius 3 is 2.61 bits per heavy atom. The minimum Gasteiger partial charge on any atom is -0.384 e. The van der Waals surface area contributed by atoms with Crippen LogP contribution in [0.25, 0.3) is 11.4 Å². The summed E-state index contributed by atoms with van der Waals surface area (Å²) in [6.45, 7) is 3.06. The largest absolute Gasteiger partial charge is 0.384 e. The van der Waals surface area contributed by atoms with Gasteiger partial charge in [0.05, 0.1) is 18.9 Å². The number of hydrogen-bond acceptors (Lipinski definition) is 9. The second kappa shape index (κ2) is 10.2. The van der Waals surface area contributed by atoms with Gasteiger partial charge in [-0.25, -0.2) is 4.79 Å². The highest BCUT2D eigenvalue weighted by atomic mass is 32.2. The van der Waals surface area contributed by atoms with E-state index in [2.05, 4.69) is 20.2 Å². The van der Waals surface area contributed by atoms with E-state index >= 15 is 0 Å². The molecule has 0 unspecified atom stereocenters. The highest BCUT2D eigenvalue weighted by Gasteiger charge is 2.21. The van der Waals surface area contributed by atoms with Gasteiger partial charge in [-0.1, -0.05) is 18.7 Å². The van der Waals surface area contributed by atoms with E-state index in [1.807, 2.05) is 23.6 Å². The maximum atomic E-state index is 12.8. The van der Waals surface area contributed by atoms with Gasteiger partial charge in [0.25, 0.3) is 5.56 Å². The molecule has 3 heterocycles. The van der Waals surface area contributed by atoms with Crippen molar-refractivity contribution >= 4 is 23.4 Å². The number of thioether (sulfide) groups is 1. The van der Waals surface area contributed by atoms with E-state index in [0.717, 1.165) is 17.3 Å². The Bertz CT molecular complexity index is 1170. The molecule has 31 heavy (non-hydrogen) atoms. The number of pyridine rings is 1. The van der Waals surface area contributed by atoms with Crippen molar-refractivity contribution in [3.05, 3.63) is 50.9 Å². The SMILES string of the molecule is CCCn1c(N)c(C(=O)CSc2nnc(-c3ccncc3)n2CCOC)c(=O)[nH]c1=O. The quantitative estimate of drug-likeness (QED) is 0.341. The Morgan fingerprint density at radius 2 is 1.94 bits per heavy atom.